The molecule has 0 saturated carbocycles. The summed E-state index contributed by atoms with van der Waals surface area (Å²) in [5, 5.41) is 4.45. The van der Waals surface area contributed by atoms with Gasteiger partial charge in [-0.25, -0.2) is 9.67 Å². The average molecular weight is 643 g/mol. The standard InChI is InChI=1S/C29H29Br2N3O4/c30-25-27(37-18-23-14-8-3-9-15-23)26(36-17-22-12-6-2-7-13-22)24(19-35-16-21-10-4-1-5-11-21)38-28(25)34-20-32-29(31)33-34/h1-15,20,24-28H,16-19H2/t24-,25-,26-,27-,28+/m1/s1. The summed E-state index contributed by atoms with van der Waals surface area (Å²) in [4.78, 5) is 3.97. The molecule has 1 aliphatic rings. The predicted molar refractivity (Wildman–Crippen MR) is 150 cm³/mol. The van der Waals surface area contributed by atoms with E-state index in [-0.39, 0.29) is 10.9 Å². The molecule has 0 N–H and O–H groups in total. The minimum Gasteiger partial charge on any atom is -0.374 e. The molecular formula is C29H29Br2N3O4. The van der Waals surface area contributed by atoms with E-state index in [1.54, 1.807) is 11.0 Å². The Balaban J connectivity index is 1.39. The first kappa shape index (κ1) is 27.2. The number of aromatic nitrogens is 3. The van der Waals surface area contributed by atoms with Crippen LogP contribution in [-0.4, -0.2) is 44.5 Å². The quantitative estimate of drug-likeness (QED) is 0.185. The zero-order chi connectivity index (χ0) is 26.2. The van der Waals surface area contributed by atoms with Crippen LogP contribution in [0.4, 0.5) is 0 Å². The SMILES string of the molecule is Brc1ncn([C@H]2O[C@H](COCc3ccccc3)[C@@H](OCc3ccccc3)[C@H](OCc3ccccc3)[C@H]2Br)n1. The molecule has 2 heterocycles. The Morgan fingerprint density at radius 2 is 1.26 bits per heavy atom. The van der Waals surface area contributed by atoms with Crippen LogP contribution in [0.5, 0.6) is 0 Å². The lowest BCUT2D eigenvalue weighted by Gasteiger charge is -2.44. The number of nitrogens with zero attached hydrogens (tertiary/aromatic N) is 3. The van der Waals surface area contributed by atoms with Gasteiger partial charge in [0.15, 0.2) is 6.23 Å². The van der Waals surface area contributed by atoms with Crippen molar-refractivity contribution in [1.82, 2.24) is 14.8 Å². The van der Waals surface area contributed by atoms with Crippen LogP contribution in [0.3, 0.4) is 0 Å². The fourth-order valence-corrected chi connectivity index (χ4v) is 5.49. The minimum absolute atomic E-state index is 0.258. The van der Waals surface area contributed by atoms with Gasteiger partial charge in [0, 0.05) is 0 Å². The smallest absolute Gasteiger partial charge is 0.217 e. The summed E-state index contributed by atoms with van der Waals surface area (Å²) in [6.07, 6.45) is -0.000642. The molecule has 1 aliphatic heterocycles. The van der Waals surface area contributed by atoms with Crippen LogP contribution in [0.2, 0.25) is 0 Å². The van der Waals surface area contributed by atoms with Crippen molar-refractivity contribution >= 4 is 31.9 Å². The summed E-state index contributed by atoms with van der Waals surface area (Å²) in [6.45, 7) is 1.66. The lowest BCUT2D eigenvalue weighted by Crippen LogP contribution is -2.56. The lowest BCUT2D eigenvalue weighted by atomic mass is 9.99. The van der Waals surface area contributed by atoms with Gasteiger partial charge in [-0.1, -0.05) is 107 Å². The molecule has 0 radical (unpaired) electrons. The molecule has 198 valence electrons. The highest BCUT2D eigenvalue weighted by Crippen LogP contribution is 2.37. The molecule has 38 heavy (non-hydrogen) atoms. The number of alkyl halides is 1. The van der Waals surface area contributed by atoms with Gasteiger partial charge in [0.2, 0.25) is 4.73 Å². The van der Waals surface area contributed by atoms with E-state index in [9.17, 15) is 0 Å². The first-order chi connectivity index (χ1) is 18.7. The normalized spacial score (nSPS) is 23.4. The van der Waals surface area contributed by atoms with Crippen LogP contribution in [-0.2, 0) is 38.8 Å². The molecule has 0 spiro atoms. The molecule has 0 amide bonds. The number of halogens is 2. The van der Waals surface area contributed by atoms with Crippen LogP contribution in [0.1, 0.15) is 22.9 Å². The second-order valence-electron chi connectivity index (χ2n) is 9.03. The lowest BCUT2D eigenvalue weighted by molar-refractivity contribution is -0.233. The number of ether oxygens (including phenoxy) is 4. The largest absolute Gasteiger partial charge is 0.374 e. The van der Waals surface area contributed by atoms with E-state index in [4.69, 9.17) is 18.9 Å². The van der Waals surface area contributed by atoms with E-state index < -0.39 is 18.4 Å². The molecule has 1 fully saturated rings. The van der Waals surface area contributed by atoms with Crippen molar-refractivity contribution in [2.45, 2.75) is 49.2 Å². The maximum atomic E-state index is 6.58. The van der Waals surface area contributed by atoms with Gasteiger partial charge < -0.3 is 18.9 Å². The van der Waals surface area contributed by atoms with Gasteiger partial charge in [-0.15, -0.1) is 5.10 Å². The van der Waals surface area contributed by atoms with Crippen molar-refractivity contribution in [2.24, 2.45) is 0 Å². The highest BCUT2D eigenvalue weighted by atomic mass is 79.9. The fraction of sp³-hybridized carbons (Fsp3) is 0.310. The Hall–Kier alpha value is -2.40. The van der Waals surface area contributed by atoms with E-state index in [0.29, 0.717) is 31.2 Å². The van der Waals surface area contributed by atoms with Gasteiger partial charge in [-0.3, -0.25) is 0 Å². The summed E-state index contributed by atoms with van der Waals surface area (Å²) in [5.41, 5.74) is 3.25. The molecule has 7 nitrogen and oxygen atoms in total. The molecule has 3 aromatic carbocycles. The maximum absolute atomic E-state index is 6.58. The highest BCUT2D eigenvalue weighted by molar-refractivity contribution is 9.10. The van der Waals surface area contributed by atoms with Crippen LogP contribution in [0, 0.1) is 0 Å². The third-order valence-corrected chi connectivity index (χ3v) is 7.63. The molecule has 1 aromatic heterocycles. The van der Waals surface area contributed by atoms with Crippen molar-refractivity contribution < 1.29 is 18.9 Å². The van der Waals surface area contributed by atoms with Crippen LogP contribution < -0.4 is 0 Å². The molecule has 0 aliphatic carbocycles. The van der Waals surface area contributed by atoms with Gasteiger partial charge in [0.1, 0.15) is 24.6 Å². The van der Waals surface area contributed by atoms with E-state index in [2.05, 4.69) is 54.1 Å². The zero-order valence-corrected chi connectivity index (χ0v) is 23.9. The van der Waals surface area contributed by atoms with Crippen molar-refractivity contribution in [3.63, 3.8) is 0 Å². The fourth-order valence-electron chi connectivity index (χ4n) is 4.39. The van der Waals surface area contributed by atoms with E-state index >= 15 is 0 Å². The summed E-state index contributed by atoms with van der Waals surface area (Å²) in [5.74, 6) is 0. The molecular weight excluding hydrogens is 614 g/mol. The summed E-state index contributed by atoms with van der Waals surface area (Å²) in [6, 6.07) is 30.3. The van der Waals surface area contributed by atoms with Crippen molar-refractivity contribution in [3.05, 3.63) is 119 Å². The van der Waals surface area contributed by atoms with E-state index in [0.717, 1.165) is 16.7 Å². The molecule has 0 unspecified atom stereocenters. The molecule has 1 saturated heterocycles. The molecule has 4 aromatic rings. The van der Waals surface area contributed by atoms with Crippen LogP contribution in [0.15, 0.2) is 102 Å². The molecule has 9 heteroatoms. The second kappa shape index (κ2) is 13.6. The summed E-state index contributed by atoms with van der Waals surface area (Å²) < 4.78 is 28.0. The summed E-state index contributed by atoms with van der Waals surface area (Å²) in [7, 11) is 0. The Kier molecular flexibility index (Phi) is 9.72. The van der Waals surface area contributed by atoms with Gasteiger partial charge in [0.25, 0.3) is 0 Å². The first-order valence-corrected chi connectivity index (χ1v) is 14.2. The van der Waals surface area contributed by atoms with E-state index in [1.165, 1.54) is 0 Å². The predicted octanol–water partition coefficient (Wildman–Crippen LogP) is 6.09. The van der Waals surface area contributed by atoms with Gasteiger partial charge in [0.05, 0.1) is 31.3 Å². The second-order valence-corrected chi connectivity index (χ2v) is 10.8. The van der Waals surface area contributed by atoms with Crippen molar-refractivity contribution in [3.8, 4) is 0 Å². The zero-order valence-electron chi connectivity index (χ0n) is 20.7. The van der Waals surface area contributed by atoms with Gasteiger partial charge in [-0.2, -0.15) is 0 Å². The minimum atomic E-state index is -0.475. The Morgan fingerprint density at radius 1 is 0.737 bits per heavy atom. The number of benzene rings is 3. The third-order valence-electron chi connectivity index (χ3n) is 6.30. The van der Waals surface area contributed by atoms with Gasteiger partial charge >= 0.3 is 0 Å². The van der Waals surface area contributed by atoms with Crippen LogP contribution >= 0.6 is 31.9 Å². The number of hydrogen-bond donors (Lipinski definition) is 0. The third kappa shape index (κ3) is 7.16. The molecule has 5 rings (SSSR count). The number of hydrogen-bond acceptors (Lipinski definition) is 6. The molecule has 5 atom stereocenters. The Morgan fingerprint density at radius 3 is 1.79 bits per heavy atom. The highest BCUT2D eigenvalue weighted by Gasteiger charge is 2.47. The monoisotopic (exact) mass is 641 g/mol. The van der Waals surface area contributed by atoms with Crippen molar-refractivity contribution in [1.29, 1.82) is 0 Å². The number of rotatable bonds is 11. The van der Waals surface area contributed by atoms with Crippen molar-refractivity contribution in [2.75, 3.05) is 6.61 Å². The first-order valence-electron chi connectivity index (χ1n) is 12.5. The Labute approximate surface area is 239 Å². The molecule has 0 bridgehead atoms. The van der Waals surface area contributed by atoms with Gasteiger partial charge in [-0.05, 0) is 32.6 Å². The average Bonchev–Trinajstić information content (AvgIpc) is 3.39. The topological polar surface area (TPSA) is 67.6 Å². The summed E-state index contributed by atoms with van der Waals surface area (Å²) >= 11 is 7.21. The maximum Gasteiger partial charge on any atom is 0.217 e. The Bertz CT molecular complexity index is 1250. The van der Waals surface area contributed by atoms with Crippen LogP contribution in [0.25, 0.3) is 0 Å². The van der Waals surface area contributed by atoms with E-state index in [1.807, 2.05) is 78.9 Å².